The summed E-state index contributed by atoms with van der Waals surface area (Å²) in [5, 5.41) is 13.4. The van der Waals surface area contributed by atoms with E-state index in [0.29, 0.717) is 24.0 Å². The van der Waals surface area contributed by atoms with Crippen molar-refractivity contribution in [3.8, 4) is 0 Å². The number of rotatable bonds is 3. The fourth-order valence-corrected chi connectivity index (χ4v) is 5.39. The molecule has 4 aliphatic heterocycles. The van der Waals surface area contributed by atoms with Gasteiger partial charge in [0.15, 0.2) is 12.2 Å². The van der Waals surface area contributed by atoms with E-state index in [-0.39, 0.29) is 24.1 Å². The molecule has 0 aromatic heterocycles. The molecule has 0 spiro atoms. The molecule has 4 atom stereocenters. The Morgan fingerprint density at radius 1 is 1.37 bits per heavy atom. The molecule has 4 heterocycles. The van der Waals surface area contributed by atoms with E-state index in [9.17, 15) is 14.7 Å². The van der Waals surface area contributed by atoms with Crippen LogP contribution < -0.4 is 5.32 Å². The number of esters is 1. The number of carbonyl (C=O) groups excluding carboxylic acids is 2. The van der Waals surface area contributed by atoms with Gasteiger partial charge >= 0.3 is 5.97 Å². The predicted octanol–water partition coefficient (Wildman–Crippen LogP) is 0.992. The minimum atomic E-state index is -0.764. The van der Waals surface area contributed by atoms with Crippen molar-refractivity contribution < 1.29 is 24.2 Å². The van der Waals surface area contributed by atoms with Crippen LogP contribution in [0, 0.1) is 0 Å². The van der Waals surface area contributed by atoms with Gasteiger partial charge in [-0.3, -0.25) is 14.6 Å². The quantitative estimate of drug-likeness (QED) is 0.497. The van der Waals surface area contributed by atoms with Crippen molar-refractivity contribution in [2.24, 2.45) is 4.99 Å². The van der Waals surface area contributed by atoms with Gasteiger partial charge in [0, 0.05) is 12.4 Å². The summed E-state index contributed by atoms with van der Waals surface area (Å²) in [7, 11) is 0. The molecule has 4 aliphatic rings. The molecule has 2 fully saturated rings. The Morgan fingerprint density at radius 3 is 2.80 bits per heavy atom. The molecule has 10 heteroatoms. The van der Waals surface area contributed by atoms with Gasteiger partial charge in [0.1, 0.15) is 28.9 Å². The maximum absolute atomic E-state index is 13.0. The summed E-state index contributed by atoms with van der Waals surface area (Å²) in [5.41, 5.74) is 0.548. The van der Waals surface area contributed by atoms with Crippen molar-refractivity contribution in [2.75, 3.05) is 18.9 Å². The highest BCUT2D eigenvalue weighted by molar-refractivity contribution is 8.00. The Hall–Kier alpha value is -1.78. The number of hydrogen-bond acceptors (Lipinski definition) is 9. The van der Waals surface area contributed by atoms with Crippen LogP contribution in [-0.2, 0) is 19.1 Å². The third kappa shape index (κ3) is 3.92. The summed E-state index contributed by atoms with van der Waals surface area (Å²) in [6.07, 6.45) is 1.84. The van der Waals surface area contributed by atoms with Gasteiger partial charge in [0.25, 0.3) is 5.91 Å². The van der Waals surface area contributed by atoms with Crippen molar-refractivity contribution in [3.63, 3.8) is 0 Å². The third-order valence-electron chi connectivity index (χ3n) is 5.47. The Kier molecular flexibility index (Phi) is 5.75. The second-order valence-electron chi connectivity index (χ2n) is 9.04. The highest BCUT2D eigenvalue weighted by Crippen LogP contribution is 2.41. The lowest BCUT2D eigenvalue weighted by atomic mass is 10.0. The van der Waals surface area contributed by atoms with E-state index in [0.717, 1.165) is 24.8 Å². The van der Waals surface area contributed by atoms with Gasteiger partial charge in [-0.25, -0.2) is 9.79 Å². The predicted molar refractivity (Wildman–Crippen MR) is 112 cm³/mol. The van der Waals surface area contributed by atoms with E-state index in [1.165, 1.54) is 4.90 Å². The second kappa shape index (κ2) is 8.05. The number of nitrogens with zero attached hydrogens (tertiary/aromatic N) is 3. The summed E-state index contributed by atoms with van der Waals surface area (Å²) in [6, 6.07) is -0.518. The number of β-lactam (4-membered cyclic amide) rings is 1. The van der Waals surface area contributed by atoms with E-state index in [2.05, 4.69) is 10.3 Å². The summed E-state index contributed by atoms with van der Waals surface area (Å²) >= 11 is 1.60. The van der Waals surface area contributed by atoms with Crippen LogP contribution in [0.4, 0.5) is 0 Å². The maximum atomic E-state index is 13.0. The molecule has 0 aliphatic carbocycles. The SMILES string of the molecule is CC1=C(C(=O)OC(C)(C)C)N2C(=O)C(NC3=NCC(O)N3C3CCCCO3)[C@H]2SC1. The Labute approximate surface area is 180 Å². The molecule has 0 saturated carbocycles. The van der Waals surface area contributed by atoms with Crippen LogP contribution in [-0.4, -0.2) is 81.1 Å². The Morgan fingerprint density at radius 2 is 2.13 bits per heavy atom. The first-order valence-corrected chi connectivity index (χ1v) is 11.5. The zero-order valence-electron chi connectivity index (χ0n) is 17.9. The zero-order valence-corrected chi connectivity index (χ0v) is 18.7. The molecule has 3 unspecified atom stereocenters. The second-order valence-corrected chi connectivity index (χ2v) is 10.1. The highest BCUT2D eigenvalue weighted by Gasteiger charge is 2.54. The van der Waals surface area contributed by atoms with Gasteiger partial charge in [-0.05, 0) is 52.5 Å². The first-order valence-electron chi connectivity index (χ1n) is 10.4. The van der Waals surface area contributed by atoms with Crippen LogP contribution in [0.1, 0.15) is 47.0 Å². The van der Waals surface area contributed by atoms with Crippen LogP contribution in [0.25, 0.3) is 0 Å². The first kappa shape index (κ1) is 21.5. The largest absolute Gasteiger partial charge is 0.455 e. The van der Waals surface area contributed by atoms with Gasteiger partial charge in [-0.2, -0.15) is 0 Å². The zero-order chi connectivity index (χ0) is 21.6. The third-order valence-corrected chi connectivity index (χ3v) is 6.90. The summed E-state index contributed by atoms with van der Waals surface area (Å²) in [6.45, 7) is 8.18. The molecular formula is C20H30N4O5S. The smallest absolute Gasteiger partial charge is 0.355 e. The van der Waals surface area contributed by atoms with E-state index >= 15 is 0 Å². The van der Waals surface area contributed by atoms with Crippen LogP contribution in [0.15, 0.2) is 16.3 Å². The molecule has 2 saturated heterocycles. The van der Waals surface area contributed by atoms with Crippen molar-refractivity contribution in [2.45, 2.75) is 76.4 Å². The Balaban J connectivity index is 1.47. The average molecular weight is 439 g/mol. The van der Waals surface area contributed by atoms with Gasteiger partial charge in [-0.15, -0.1) is 11.8 Å². The molecule has 0 radical (unpaired) electrons. The molecule has 30 heavy (non-hydrogen) atoms. The van der Waals surface area contributed by atoms with E-state index in [1.807, 2.05) is 27.7 Å². The molecule has 166 valence electrons. The van der Waals surface area contributed by atoms with Crippen molar-refractivity contribution >= 4 is 29.6 Å². The van der Waals surface area contributed by atoms with Crippen molar-refractivity contribution in [1.29, 1.82) is 0 Å². The first-order chi connectivity index (χ1) is 14.2. The van der Waals surface area contributed by atoms with Crippen molar-refractivity contribution in [1.82, 2.24) is 15.1 Å². The number of aliphatic hydroxyl groups excluding tert-OH is 1. The fourth-order valence-electron chi connectivity index (χ4n) is 4.10. The lowest BCUT2D eigenvalue weighted by Crippen LogP contribution is -2.72. The number of thioether (sulfide) groups is 1. The van der Waals surface area contributed by atoms with E-state index in [1.54, 1.807) is 16.7 Å². The minimum Gasteiger partial charge on any atom is -0.455 e. The molecule has 2 N–H and O–H groups in total. The number of carbonyl (C=O) groups is 2. The number of amides is 1. The van der Waals surface area contributed by atoms with Gasteiger partial charge in [0.05, 0.1) is 6.54 Å². The number of aliphatic hydroxyl groups is 1. The molecular weight excluding hydrogens is 408 g/mol. The number of aliphatic imine (C=N–C) groups is 1. The lowest BCUT2D eigenvalue weighted by Gasteiger charge is -2.50. The van der Waals surface area contributed by atoms with Gasteiger partial charge in [-0.1, -0.05) is 0 Å². The monoisotopic (exact) mass is 438 g/mol. The minimum absolute atomic E-state index is 0.194. The molecule has 0 aromatic carbocycles. The Bertz CT molecular complexity index is 787. The van der Waals surface area contributed by atoms with E-state index < -0.39 is 23.8 Å². The topological polar surface area (TPSA) is 104 Å². The summed E-state index contributed by atoms with van der Waals surface area (Å²) < 4.78 is 11.3. The number of nitrogens with one attached hydrogen (secondary N) is 1. The average Bonchev–Trinajstić information content (AvgIpc) is 3.05. The normalized spacial score (nSPS) is 31.9. The van der Waals surface area contributed by atoms with Crippen LogP contribution in [0.5, 0.6) is 0 Å². The maximum Gasteiger partial charge on any atom is 0.355 e. The fraction of sp³-hybridized carbons (Fsp3) is 0.750. The van der Waals surface area contributed by atoms with E-state index in [4.69, 9.17) is 9.47 Å². The molecule has 0 bridgehead atoms. The number of ether oxygens (including phenoxy) is 2. The van der Waals surface area contributed by atoms with Gasteiger partial charge < -0.3 is 19.9 Å². The van der Waals surface area contributed by atoms with Crippen LogP contribution >= 0.6 is 11.8 Å². The standard InChI is InChI=1S/C20H30N4O5S/c1-11-10-30-17-14(16(26)24(17)15(11)18(27)29-20(2,3)4)22-19-21-9-12(25)23(19)13-7-5-6-8-28-13/h12-14,17,25H,5-10H2,1-4H3,(H,21,22)/t12?,13?,14?,17-/m1/s1. The lowest BCUT2D eigenvalue weighted by molar-refractivity contribution is -0.158. The highest BCUT2D eigenvalue weighted by atomic mass is 32.2. The van der Waals surface area contributed by atoms with Gasteiger partial charge in [0.2, 0.25) is 0 Å². The van der Waals surface area contributed by atoms with Crippen LogP contribution in [0.3, 0.4) is 0 Å². The summed E-state index contributed by atoms with van der Waals surface area (Å²) in [5.74, 6) is 0.466. The molecule has 4 rings (SSSR count). The number of guanidine groups is 1. The van der Waals surface area contributed by atoms with Crippen molar-refractivity contribution in [3.05, 3.63) is 11.3 Å². The number of fused-ring (bicyclic) bond motifs is 1. The molecule has 1 amide bonds. The molecule has 0 aromatic rings. The summed E-state index contributed by atoms with van der Waals surface area (Å²) in [4.78, 5) is 33.4. The number of hydrogen-bond donors (Lipinski definition) is 2. The molecule has 9 nitrogen and oxygen atoms in total. The van der Waals surface area contributed by atoms with Crippen LogP contribution in [0.2, 0.25) is 0 Å².